The standard InChI is InChI=1S/C7H10N2O2/c8-7(10)11-5-6-3-1-2-4-9-6/h3-4H,1-2,5H2,(H2,8,10). The van der Waals surface area contributed by atoms with Gasteiger partial charge in [0.25, 0.3) is 0 Å². The maximum atomic E-state index is 10.2. The maximum Gasteiger partial charge on any atom is 0.404 e. The second kappa shape index (κ2) is 3.75. The number of allylic oxidation sites excluding steroid dienone is 1. The van der Waals surface area contributed by atoms with Gasteiger partial charge in [-0.3, -0.25) is 4.99 Å². The van der Waals surface area contributed by atoms with Gasteiger partial charge in [0.05, 0.1) is 5.70 Å². The summed E-state index contributed by atoms with van der Waals surface area (Å²) < 4.78 is 4.54. The molecule has 1 amide bonds. The number of nitrogens with two attached hydrogens (primary N) is 1. The van der Waals surface area contributed by atoms with Gasteiger partial charge < -0.3 is 10.5 Å². The summed E-state index contributed by atoms with van der Waals surface area (Å²) in [6.45, 7) is 0.186. The van der Waals surface area contributed by atoms with E-state index >= 15 is 0 Å². The minimum absolute atomic E-state index is 0.186. The highest BCUT2D eigenvalue weighted by Crippen LogP contribution is 2.06. The van der Waals surface area contributed by atoms with Crippen LogP contribution in [0.3, 0.4) is 0 Å². The third-order valence-electron chi connectivity index (χ3n) is 1.30. The van der Waals surface area contributed by atoms with Gasteiger partial charge >= 0.3 is 6.09 Å². The van der Waals surface area contributed by atoms with Gasteiger partial charge in [-0.15, -0.1) is 0 Å². The first kappa shape index (κ1) is 7.78. The van der Waals surface area contributed by atoms with Crippen LogP contribution in [0.1, 0.15) is 12.8 Å². The molecule has 0 unspecified atom stereocenters. The fourth-order valence-electron chi connectivity index (χ4n) is 0.800. The number of primary amides is 1. The molecule has 1 aliphatic heterocycles. The lowest BCUT2D eigenvalue weighted by molar-refractivity contribution is 0.166. The molecule has 1 heterocycles. The van der Waals surface area contributed by atoms with Crippen molar-refractivity contribution in [3.63, 3.8) is 0 Å². The van der Waals surface area contributed by atoms with Crippen molar-refractivity contribution in [1.29, 1.82) is 0 Å². The summed E-state index contributed by atoms with van der Waals surface area (Å²) in [5.41, 5.74) is 5.54. The van der Waals surface area contributed by atoms with Gasteiger partial charge in [-0.1, -0.05) is 6.08 Å². The molecule has 0 aromatic carbocycles. The number of carbonyl (C=O) groups excluding carboxylic acids is 1. The van der Waals surface area contributed by atoms with Crippen LogP contribution in [-0.4, -0.2) is 18.9 Å². The highest BCUT2D eigenvalue weighted by molar-refractivity contribution is 5.65. The highest BCUT2D eigenvalue weighted by atomic mass is 16.5. The number of nitrogens with zero attached hydrogens (tertiary/aromatic N) is 1. The topological polar surface area (TPSA) is 64.7 Å². The number of aliphatic imine (C=N–C) groups is 1. The molecule has 11 heavy (non-hydrogen) atoms. The van der Waals surface area contributed by atoms with Crippen LogP contribution in [0.4, 0.5) is 4.79 Å². The van der Waals surface area contributed by atoms with Gasteiger partial charge in [-0.25, -0.2) is 4.79 Å². The quantitative estimate of drug-likeness (QED) is 0.640. The summed E-state index contributed by atoms with van der Waals surface area (Å²) in [7, 11) is 0. The molecule has 0 radical (unpaired) electrons. The van der Waals surface area contributed by atoms with Crippen LogP contribution in [0.2, 0.25) is 0 Å². The van der Waals surface area contributed by atoms with E-state index in [1.807, 2.05) is 6.08 Å². The van der Waals surface area contributed by atoms with E-state index in [2.05, 4.69) is 9.73 Å². The number of hydrogen-bond acceptors (Lipinski definition) is 3. The molecular formula is C7H10N2O2. The Morgan fingerprint density at radius 3 is 3.09 bits per heavy atom. The van der Waals surface area contributed by atoms with Gasteiger partial charge in [0.15, 0.2) is 0 Å². The van der Waals surface area contributed by atoms with Crippen LogP contribution in [0.15, 0.2) is 16.8 Å². The third kappa shape index (κ3) is 2.84. The summed E-state index contributed by atoms with van der Waals surface area (Å²) in [5.74, 6) is 0. The van der Waals surface area contributed by atoms with Gasteiger partial charge in [0.1, 0.15) is 6.61 Å². The molecule has 2 N–H and O–H groups in total. The Labute approximate surface area is 64.7 Å². The highest BCUT2D eigenvalue weighted by Gasteiger charge is 2.00. The van der Waals surface area contributed by atoms with Crippen molar-refractivity contribution in [2.75, 3.05) is 6.61 Å². The Morgan fingerprint density at radius 1 is 1.73 bits per heavy atom. The average molecular weight is 154 g/mol. The predicted octanol–water partition coefficient (Wildman–Crippen LogP) is 0.830. The van der Waals surface area contributed by atoms with E-state index in [4.69, 9.17) is 5.73 Å². The molecule has 4 nitrogen and oxygen atoms in total. The second-order valence-electron chi connectivity index (χ2n) is 2.19. The summed E-state index contributed by atoms with van der Waals surface area (Å²) >= 11 is 0. The van der Waals surface area contributed by atoms with Crippen molar-refractivity contribution < 1.29 is 9.53 Å². The van der Waals surface area contributed by atoms with Crippen LogP contribution in [0.25, 0.3) is 0 Å². The Balaban J connectivity index is 2.31. The summed E-state index contributed by atoms with van der Waals surface area (Å²) in [6, 6.07) is 0. The zero-order valence-corrected chi connectivity index (χ0v) is 6.12. The lowest BCUT2D eigenvalue weighted by Gasteiger charge is -2.04. The summed E-state index contributed by atoms with van der Waals surface area (Å²) in [4.78, 5) is 14.2. The van der Waals surface area contributed by atoms with Gasteiger partial charge in [-0.2, -0.15) is 0 Å². The maximum absolute atomic E-state index is 10.2. The molecule has 1 aliphatic rings. The first-order valence-corrected chi connectivity index (χ1v) is 3.43. The Bertz CT molecular complexity index is 208. The van der Waals surface area contributed by atoms with Crippen molar-refractivity contribution in [2.24, 2.45) is 10.7 Å². The molecule has 0 saturated carbocycles. The minimum Gasteiger partial charge on any atom is -0.443 e. The fourth-order valence-corrected chi connectivity index (χ4v) is 0.800. The van der Waals surface area contributed by atoms with Crippen molar-refractivity contribution in [1.82, 2.24) is 0 Å². The lowest BCUT2D eigenvalue weighted by atomic mass is 10.2. The molecule has 0 fully saturated rings. The number of ether oxygens (including phenoxy) is 1. The normalized spacial score (nSPS) is 15.8. The Kier molecular flexibility index (Phi) is 2.66. The van der Waals surface area contributed by atoms with Gasteiger partial charge in [0, 0.05) is 6.21 Å². The Morgan fingerprint density at radius 2 is 2.55 bits per heavy atom. The second-order valence-corrected chi connectivity index (χ2v) is 2.19. The molecule has 0 atom stereocenters. The van der Waals surface area contributed by atoms with Crippen LogP contribution < -0.4 is 5.73 Å². The van der Waals surface area contributed by atoms with E-state index in [0.29, 0.717) is 0 Å². The fraction of sp³-hybridized carbons (Fsp3) is 0.429. The zero-order chi connectivity index (χ0) is 8.10. The van der Waals surface area contributed by atoms with Crippen molar-refractivity contribution >= 4 is 12.3 Å². The lowest BCUT2D eigenvalue weighted by Crippen LogP contribution is -2.14. The molecular weight excluding hydrogens is 144 g/mol. The monoisotopic (exact) mass is 154 g/mol. The van der Waals surface area contributed by atoms with Crippen LogP contribution >= 0.6 is 0 Å². The number of amides is 1. The zero-order valence-electron chi connectivity index (χ0n) is 6.12. The number of hydrogen-bond donors (Lipinski definition) is 1. The van der Waals surface area contributed by atoms with E-state index in [0.717, 1.165) is 18.5 Å². The smallest absolute Gasteiger partial charge is 0.404 e. The minimum atomic E-state index is -0.758. The molecule has 60 valence electrons. The Hall–Kier alpha value is -1.32. The molecule has 0 aromatic heterocycles. The molecule has 0 bridgehead atoms. The van der Waals surface area contributed by atoms with Crippen molar-refractivity contribution in [3.05, 3.63) is 11.8 Å². The molecule has 4 heteroatoms. The van der Waals surface area contributed by atoms with Crippen LogP contribution in [0.5, 0.6) is 0 Å². The van der Waals surface area contributed by atoms with E-state index in [1.165, 1.54) is 0 Å². The third-order valence-corrected chi connectivity index (χ3v) is 1.30. The van der Waals surface area contributed by atoms with Gasteiger partial charge in [0.2, 0.25) is 0 Å². The van der Waals surface area contributed by atoms with E-state index in [9.17, 15) is 4.79 Å². The molecule has 0 spiro atoms. The first-order valence-electron chi connectivity index (χ1n) is 3.43. The SMILES string of the molecule is NC(=O)OCC1=CCCC=N1. The van der Waals surface area contributed by atoms with Gasteiger partial charge in [-0.05, 0) is 12.8 Å². The van der Waals surface area contributed by atoms with E-state index in [1.54, 1.807) is 6.21 Å². The predicted molar refractivity (Wildman–Crippen MR) is 41.3 cm³/mol. The van der Waals surface area contributed by atoms with Crippen LogP contribution in [-0.2, 0) is 4.74 Å². The summed E-state index contributed by atoms with van der Waals surface area (Å²) in [5, 5.41) is 0. The first-order chi connectivity index (χ1) is 5.29. The van der Waals surface area contributed by atoms with E-state index in [-0.39, 0.29) is 6.61 Å². The molecule has 0 saturated heterocycles. The molecule has 0 aliphatic carbocycles. The molecule has 0 aromatic rings. The average Bonchev–Trinajstić information content (AvgIpc) is 2.03. The number of rotatable bonds is 2. The van der Waals surface area contributed by atoms with Crippen molar-refractivity contribution in [3.8, 4) is 0 Å². The summed E-state index contributed by atoms with van der Waals surface area (Å²) in [6.07, 6.45) is 4.90. The van der Waals surface area contributed by atoms with E-state index < -0.39 is 6.09 Å². The van der Waals surface area contributed by atoms with Crippen molar-refractivity contribution in [2.45, 2.75) is 12.8 Å². The largest absolute Gasteiger partial charge is 0.443 e. The van der Waals surface area contributed by atoms with Crippen LogP contribution in [0, 0.1) is 0 Å². The molecule has 1 rings (SSSR count). The number of carbonyl (C=O) groups is 1.